The maximum Gasteiger partial charge on any atom is 0.138 e. The lowest BCUT2D eigenvalue weighted by Crippen LogP contribution is -2.08. The zero-order valence-electron chi connectivity index (χ0n) is 11.3. The molecule has 3 rings (SSSR count). The fourth-order valence-electron chi connectivity index (χ4n) is 2.09. The molecule has 0 bridgehead atoms. The molecule has 108 valence electrons. The molecule has 0 aliphatic rings. The molecule has 0 saturated carbocycles. The molecule has 0 fully saturated rings. The summed E-state index contributed by atoms with van der Waals surface area (Å²) in [6.45, 7) is 0.728. The van der Waals surface area contributed by atoms with Crippen molar-refractivity contribution in [3.8, 4) is 0 Å². The van der Waals surface area contributed by atoms with Gasteiger partial charge in [-0.3, -0.25) is 0 Å². The van der Waals surface area contributed by atoms with E-state index in [1.54, 1.807) is 12.1 Å². The van der Waals surface area contributed by atoms with E-state index in [0.29, 0.717) is 10.0 Å². The molecule has 6 heteroatoms. The van der Waals surface area contributed by atoms with E-state index in [0.717, 1.165) is 27.8 Å². The van der Waals surface area contributed by atoms with Crippen LogP contribution in [0.5, 0.6) is 0 Å². The van der Waals surface area contributed by atoms with Gasteiger partial charge in [-0.2, -0.15) is 0 Å². The van der Waals surface area contributed by atoms with Crippen LogP contribution in [-0.2, 0) is 6.54 Å². The van der Waals surface area contributed by atoms with Crippen molar-refractivity contribution in [2.75, 3.05) is 7.05 Å². The number of pyridine rings is 1. The zero-order valence-corrected chi connectivity index (χ0v) is 13.6. The molecule has 0 radical (unpaired) electrons. The Balaban J connectivity index is 2.07. The van der Waals surface area contributed by atoms with Gasteiger partial charge < -0.3 is 9.72 Å². The molecule has 3 aromatic rings. The van der Waals surface area contributed by atoms with Crippen LogP contribution in [0.1, 0.15) is 5.69 Å². The van der Waals surface area contributed by atoms with Gasteiger partial charge >= 0.3 is 0 Å². The van der Waals surface area contributed by atoms with Gasteiger partial charge in [0.05, 0.1) is 10.7 Å². The molecule has 1 aromatic carbocycles. The highest BCUT2D eigenvalue weighted by atomic mass is 35.5. The molecule has 3 nitrogen and oxygen atoms in total. The van der Waals surface area contributed by atoms with Crippen molar-refractivity contribution in [1.82, 2.24) is 14.7 Å². The number of fused-ring (bicyclic) bond motifs is 1. The first-order valence-electron chi connectivity index (χ1n) is 6.42. The van der Waals surface area contributed by atoms with E-state index in [-0.39, 0.29) is 0 Å². The number of benzene rings is 1. The predicted molar refractivity (Wildman–Crippen MR) is 88.5 cm³/mol. The average molecular weight is 338 g/mol. The predicted octanol–water partition coefficient (Wildman–Crippen LogP) is 4.51. The second-order valence-corrected chi connectivity index (χ2v) is 6.37. The first-order valence-corrected chi connectivity index (χ1v) is 8.00. The third-order valence-electron chi connectivity index (χ3n) is 3.04. The molecule has 1 N–H and O–H groups in total. The lowest BCUT2D eigenvalue weighted by atomic mass is 10.4. The third kappa shape index (κ3) is 3.04. The Morgan fingerprint density at radius 3 is 2.90 bits per heavy atom. The number of imidazole rings is 1. The van der Waals surface area contributed by atoms with Crippen molar-refractivity contribution < 1.29 is 0 Å². The van der Waals surface area contributed by atoms with Crippen LogP contribution in [0.15, 0.2) is 52.5 Å². The fraction of sp³-hybridized carbons (Fsp3) is 0.133. The van der Waals surface area contributed by atoms with Crippen LogP contribution < -0.4 is 5.32 Å². The van der Waals surface area contributed by atoms with E-state index in [9.17, 15) is 0 Å². The van der Waals surface area contributed by atoms with E-state index < -0.39 is 0 Å². The smallest absolute Gasteiger partial charge is 0.138 e. The minimum Gasteiger partial charge on any atom is -0.314 e. The number of hydrogen-bond donors (Lipinski definition) is 1. The molecule has 0 aliphatic heterocycles. The third-order valence-corrected chi connectivity index (χ3v) is 4.79. The normalized spacial score (nSPS) is 11.2. The number of aromatic nitrogens is 2. The second-order valence-electron chi connectivity index (χ2n) is 4.50. The van der Waals surface area contributed by atoms with Gasteiger partial charge in [0, 0.05) is 22.7 Å². The van der Waals surface area contributed by atoms with Gasteiger partial charge in [-0.1, -0.05) is 41.0 Å². The lowest BCUT2D eigenvalue weighted by molar-refractivity contribution is 0.764. The Hall–Kier alpha value is -1.20. The number of halogens is 2. The standard InChI is InChI=1S/C15H13Cl2N3S/c1-18-9-12-15(19-14-4-2-3-7-20(12)14)21-13-8-10(16)5-6-11(13)17/h2-8,18H,9H2,1H3. The molecule has 0 aliphatic carbocycles. The number of nitrogens with zero attached hydrogens (tertiary/aromatic N) is 2. The average Bonchev–Trinajstić information content (AvgIpc) is 2.81. The van der Waals surface area contributed by atoms with Crippen molar-refractivity contribution in [2.45, 2.75) is 16.5 Å². The van der Waals surface area contributed by atoms with Crippen LogP contribution in [0.3, 0.4) is 0 Å². The fourth-order valence-corrected chi connectivity index (χ4v) is 3.55. The van der Waals surface area contributed by atoms with Crippen LogP contribution in [0.4, 0.5) is 0 Å². The van der Waals surface area contributed by atoms with Gasteiger partial charge in [-0.15, -0.1) is 0 Å². The van der Waals surface area contributed by atoms with Crippen molar-refractivity contribution in [1.29, 1.82) is 0 Å². The summed E-state index contributed by atoms with van der Waals surface area (Å²) in [5.74, 6) is 0. The number of rotatable bonds is 4. The summed E-state index contributed by atoms with van der Waals surface area (Å²) in [6.07, 6.45) is 2.01. The summed E-state index contributed by atoms with van der Waals surface area (Å²) in [5.41, 5.74) is 2.03. The first-order chi connectivity index (χ1) is 10.2. The topological polar surface area (TPSA) is 29.3 Å². The monoisotopic (exact) mass is 337 g/mol. The van der Waals surface area contributed by atoms with Crippen LogP contribution in [0, 0.1) is 0 Å². The SMILES string of the molecule is CNCc1c(Sc2cc(Cl)ccc2Cl)nc2ccccn12. The van der Waals surface area contributed by atoms with Gasteiger partial charge in [0.2, 0.25) is 0 Å². The Kier molecular flexibility index (Phi) is 4.40. The second kappa shape index (κ2) is 6.28. The largest absolute Gasteiger partial charge is 0.314 e. The van der Waals surface area contributed by atoms with Crippen molar-refractivity contribution >= 4 is 40.6 Å². The van der Waals surface area contributed by atoms with Crippen LogP contribution >= 0.6 is 35.0 Å². The summed E-state index contributed by atoms with van der Waals surface area (Å²) in [6, 6.07) is 11.4. The van der Waals surface area contributed by atoms with Crippen molar-refractivity contribution in [3.63, 3.8) is 0 Å². The van der Waals surface area contributed by atoms with Gasteiger partial charge in [-0.05, 0) is 37.4 Å². The van der Waals surface area contributed by atoms with Gasteiger partial charge in [0.1, 0.15) is 10.7 Å². The molecule has 0 saturated heterocycles. The molecular weight excluding hydrogens is 325 g/mol. The molecule has 0 spiro atoms. The molecule has 0 unspecified atom stereocenters. The molecule has 2 aromatic heterocycles. The van der Waals surface area contributed by atoms with E-state index >= 15 is 0 Å². The van der Waals surface area contributed by atoms with E-state index in [4.69, 9.17) is 23.2 Å². The summed E-state index contributed by atoms with van der Waals surface area (Å²) < 4.78 is 2.08. The van der Waals surface area contributed by atoms with Crippen LogP contribution in [-0.4, -0.2) is 16.4 Å². The zero-order chi connectivity index (χ0) is 14.8. The van der Waals surface area contributed by atoms with Crippen molar-refractivity contribution in [3.05, 3.63) is 58.3 Å². The molecule has 0 amide bonds. The molecule has 21 heavy (non-hydrogen) atoms. The van der Waals surface area contributed by atoms with Gasteiger partial charge in [-0.25, -0.2) is 4.98 Å². The van der Waals surface area contributed by atoms with E-state index in [1.165, 1.54) is 11.8 Å². The summed E-state index contributed by atoms with van der Waals surface area (Å²) in [5, 5.41) is 5.46. The van der Waals surface area contributed by atoms with Gasteiger partial charge in [0.25, 0.3) is 0 Å². The van der Waals surface area contributed by atoms with E-state index in [1.807, 2.05) is 37.5 Å². The van der Waals surface area contributed by atoms with Gasteiger partial charge in [0.15, 0.2) is 0 Å². The van der Waals surface area contributed by atoms with E-state index in [2.05, 4.69) is 14.7 Å². The summed E-state index contributed by atoms with van der Waals surface area (Å²) in [7, 11) is 1.92. The Morgan fingerprint density at radius 2 is 2.10 bits per heavy atom. The number of nitrogens with one attached hydrogen (secondary N) is 1. The van der Waals surface area contributed by atoms with Crippen molar-refractivity contribution in [2.24, 2.45) is 0 Å². The minimum absolute atomic E-state index is 0.667. The maximum atomic E-state index is 6.24. The highest BCUT2D eigenvalue weighted by Gasteiger charge is 2.14. The first kappa shape index (κ1) is 14.7. The lowest BCUT2D eigenvalue weighted by Gasteiger charge is -2.06. The van der Waals surface area contributed by atoms with Crippen LogP contribution in [0.2, 0.25) is 10.0 Å². The highest BCUT2D eigenvalue weighted by Crippen LogP contribution is 2.36. The Bertz CT molecular complexity index is 786. The molecule has 0 atom stereocenters. The van der Waals surface area contributed by atoms with Crippen LogP contribution in [0.25, 0.3) is 5.65 Å². The minimum atomic E-state index is 0.667. The highest BCUT2D eigenvalue weighted by molar-refractivity contribution is 7.99. The maximum absolute atomic E-state index is 6.24. The molecular formula is C15H13Cl2N3S. The summed E-state index contributed by atoms with van der Waals surface area (Å²) in [4.78, 5) is 5.59. The Labute approximate surface area is 137 Å². The molecule has 2 heterocycles. The quantitative estimate of drug-likeness (QED) is 0.759. The Morgan fingerprint density at radius 1 is 1.24 bits per heavy atom. The number of hydrogen-bond acceptors (Lipinski definition) is 3. The summed E-state index contributed by atoms with van der Waals surface area (Å²) >= 11 is 13.8.